The van der Waals surface area contributed by atoms with E-state index in [0.29, 0.717) is 17.0 Å². The molecule has 2 rings (SSSR count). The van der Waals surface area contributed by atoms with Crippen LogP contribution in [0.1, 0.15) is 24.8 Å². The molecule has 1 aromatic carbocycles. The first kappa shape index (κ1) is 11.2. The molecule has 0 heterocycles. The Morgan fingerprint density at radius 2 is 2.00 bits per heavy atom. The second kappa shape index (κ2) is 4.71. The van der Waals surface area contributed by atoms with Crippen LogP contribution in [0.5, 0.6) is 0 Å². The number of carbonyl (C=O) groups excluding carboxylic acids is 1. The fraction of sp³-hybridized carbons (Fsp3) is 0.308. The lowest BCUT2D eigenvalue weighted by Crippen LogP contribution is -2.12. The number of hydrogen-bond acceptors (Lipinski definition) is 2. The highest BCUT2D eigenvalue weighted by atomic mass is 35.5. The van der Waals surface area contributed by atoms with E-state index in [1.54, 1.807) is 13.2 Å². The Bertz CT molecular complexity index is 449. The molecule has 0 aliphatic heterocycles. The van der Waals surface area contributed by atoms with Crippen LogP contribution in [-0.4, -0.2) is 12.9 Å². The Balaban J connectivity index is 2.55. The molecule has 1 aromatic rings. The molecule has 1 aliphatic rings. The Morgan fingerprint density at radius 3 is 2.69 bits per heavy atom. The predicted molar refractivity (Wildman–Crippen MR) is 64.2 cm³/mol. The van der Waals surface area contributed by atoms with Crippen molar-refractivity contribution in [3.05, 3.63) is 40.6 Å². The normalized spacial score (nSPS) is 16.5. The summed E-state index contributed by atoms with van der Waals surface area (Å²) in [5.41, 5.74) is 1.44. The number of benzene rings is 1. The fourth-order valence-electron chi connectivity index (χ4n) is 1.98. The van der Waals surface area contributed by atoms with Gasteiger partial charge in [0.15, 0.2) is 5.78 Å². The van der Waals surface area contributed by atoms with E-state index in [1.165, 1.54) is 0 Å². The first-order valence-corrected chi connectivity index (χ1v) is 5.67. The summed E-state index contributed by atoms with van der Waals surface area (Å²) in [6.45, 7) is 0. The molecule has 84 valence electrons. The maximum Gasteiger partial charge on any atom is 0.166 e. The smallest absolute Gasteiger partial charge is 0.166 e. The van der Waals surface area contributed by atoms with Gasteiger partial charge in [0, 0.05) is 23.4 Å². The minimum absolute atomic E-state index is 0.121. The number of allylic oxidation sites excluding steroid dienone is 2. The summed E-state index contributed by atoms with van der Waals surface area (Å²) in [5, 5.41) is 0.599. The monoisotopic (exact) mass is 236 g/mol. The second-order valence-corrected chi connectivity index (χ2v) is 4.17. The van der Waals surface area contributed by atoms with E-state index in [0.717, 1.165) is 24.2 Å². The molecule has 1 aliphatic carbocycles. The van der Waals surface area contributed by atoms with Crippen LogP contribution in [-0.2, 0) is 9.53 Å². The number of carbonyl (C=O) groups is 1. The Morgan fingerprint density at radius 1 is 1.25 bits per heavy atom. The molecule has 0 saturated carbocycles. The van der Waals surface area contributed by atoms with Gasteiger partial charge in [0.05, 0.1) is 12.7 Å². The third kappa shape index (κ3) is 1.98. The molecule has 0 radical (unpaired) electrons. The second-order valence-electron chi connectivity index (χ2n) is 3.76. The summed E-state index contributed by atoms with van der Waals surface area (Å²) in [6, 6.07) is 7.38. The molecular formula is C13H13ClO2. The molecule has 0 N–H and O–H groups in total. The van der Waals surface area contributed by atoms with Crippen LogP contribution in [0.4, 0.5) is 0 Å². The summed E-state index contributed by atoms with van der Waals surface area (Å²) in [5.74, 6) is 0.876. The predicted octanol–water partition coefficient (Wildman–Crippen LogP) is 3.45. The number of ketones is 1. The van der Waals surface area contributed by atoms with E-state index in [1.807, 2.05) is 18.2 Å². The molecule has 0 bridgehead atoms. The first-order valence-electron chi connectivity index (χ1n) is 5.29. The average Bonchev–Trinajstić information content (AvgIpc) is 2.30. The summed E-state index contributed by atoms with van der Waals surface area (Å²) in [7, 11) is 1.60. The highest BCUT2D eigenvalue weighted by Gasteiger charge is 2.24. The van der Waals surface area contributed by atoms with Crippen LogP contribution in [0.15, 0.2) is 30.0 Å². The van der Waals surface area contributed by atoms with Crippen LogP contribution < -0.4 is 0 Å². The lowest BCUT2D eigenvalue weighted by Gasteiger charge is -2.19. The Labute approximate surface area is 99.9 Å². The quantitative estimate of drug-likeness (QED) is 0.786. The van der Waals surface area contributed by atoms with Gasteiger partial charge in [0.1, 0.15) is 5.76 Å². The minimum atomic E-state index is 0.121. The zero-order valence-electron chi connectivity index (χ0n) is 9.13. The van der Waals surface area contributed by atoms with Crippen molar-refractivity contribution in [2.24, 2.45) is 0 Å². The van der Waals surface area contributed by atoms with E-state index >= 15 is 0 Å². The minimum Gasteiger partial charge on any atom is -0.500 e. The summed E-state index contributed by atoms with van der Waals surface area (Å²) < 4.78 is 5.28. The number of rotatable bonds is 2. The molecule has 0 spiro atoms. The van der Waals surface area contributed by atoms with Crippen molar-refractivity contribution in [2.75, 3.05) is 7.11 Å². The van der Waals surface area contributed by atoms with Crippen molar-refractivity contribution >= 4 is 23.0 Å². The molecule has 0 unspecified atom stereocenters. The number of hydrogen-bond donors (Lipinski definition) is 0. The molecule has 0 saturated heterocycles. The van der Waals surface area contributed by atoms with Crippen LogP contribution in [0.3, 0.4) is 0 Å². The summed E-state index contributed by atoms with van der Waals surface area (Å²) in [4.78, 5) is 11.9. The Kier molecular flexibility index (Phi) is 3.30. The van der Waals surface area contributed by atoms with Crippen LogP contribution in [0, 0.1) is 0 Å². The van der Waals surface area contributed by atoms with Crippen LogP contribution in [0.25, 0.3) is 5.57 Å². The average molecular weight is 237 g/mol. The third-order valence-corrected chi connectivity index (χ3v) is 3.08. The third-order valence-electron chi connectivity index (χ3n) is 2.75. The van der Waals surface area contributed by atoms with E-state index in [4.69, 9.17) is 16.3 Å². The molecule has 0 fully saturated rings. The standard InChI is InChI=1S/C13H13ClO2/c1-16-12-8-4-7-11(15)13(12)9-5-2-3-6-10(9)14/h2-3,5-6H,4,7-8H2,1H3. The lowest BCUT2D eigenvalue weighted by molar-refractivity contribution is -0.114. The largest absolute Gasteiger partial charge is 0.500 e. The van der Waals surface area contributed by atoms with E-state index in [2.05, 4.69) is 0 Å². The van der Waals surface area contributed by atoms with Crippen molar-refractivity contribution in [1.29, 1.82) is 0 Å². The zero-order valence-corrected chi connectivity index (χ0v) is 9.88. The van der Waals surface area contributed by atoms with Crippen molar-refractivity contribution in [1.82, 2.24) is 0 Å². The first-order chi connectivity index (χ1) is 7.74. The van der Waals surface area contributed by atoms with Gasteiger partial charge < -0.3 is 4.74 Å². The molecule has 3 heteroatoms. The summed E-state index contributed by atoms with van der Waals surface area (Å²) >= 11 is 6.10. The Hall–Kier alpha value is -1.28. The van der Waals surface area contributed by atoms with Gasteiger partial charge in [-0.1, -0.05) is 29.8 Å². The van der Waals surface area contributed by atoms with Crippen molar-refractivity contribution in [3.63, 3.8) is 0 Å². The van der Waals surface area contributed by atoms with Gasteiger partial charge in [-0.25, -0.2) is 0 Å². The zero-order chi connectivity index (χ0) is 11.5. The molecular weight excluding hydrogens is 224 g/mol. The molecule has 0 amide bonds. The van der Waals surface area contributed by atoms with Gasteiger partial charge in [0.25, 0.3) is 0 Å². The van der Waals surface area contributed by atoms with Gasteiger partial charge in [-0.15, -0.1) is 0 Å². The van der Waals surface area contributed by atoms with Gasteiger partial charge in [0.2, 0.25) is 0 Å². The van der Waals surface area contributed by atoms with Gasteiger partial charge in [-0.05, 0) is 12.5 Å². The highest BCUT2D eigenvalue weighted by molar-refractivity contribution is 6.35. The SMILES string of the molecule is COC1=C(c2ccccc2Cl)C(=O)CCC1. The van der Waals surface area contributed by atoms with E-state index in [9.17, 15) is 4.79 Å². The van der Waals surface area contributed by atoms with Crippen molar-refractivity contribution in [3.8, 4) is 0 Å². The van der Waals surface area contributed by atoms with E-state index in [-0.39, 0.29) is 5.78 Å². The number of methoxy groups -OCH3 is 1. The van der Waals surface area contributed by atoms with Crippen LogP contribution >= 0.6 is 11.6 Å². The highest BCUT2D eigenvalue weighted by Crippen LogP contribution is 2.33. The summed E-state index contributed by atoms with van der Waals surface area (Å²) in [6.07, 6.45) is 2.24. The molecule has 2 nitrogen and oxygen atoms in total. The number of Topliss-reactive ketones (excluding diaryl/α,β-unsaturated/α-hetero) is 1. The number of ether oxygens (including phenoxy) is 1. The van der Waals surface area contributed by atoms with Crippen molar-refractivity contribution in [2.45, 2.75) is 19.3 Å². The van der Waals surface area contributed by atoms with E-state index < -0.39 is 0 Å². The van der Waals surface area contributed by atoms with Crippen molar-refractivity contribution < 1.29 is 9.53 Å². The van der Waals surface area contributed by atoms with Gasteiger partial charge in [-0.3, -0.25) is 4.79 Å². The van der Waals surface area contributed by atoms with Gasteiger partial charge in [-0.2, -0.15) is 0 Å². The number of halogens is 1. The molecule has 0 aromatic heterocycles. The topological polar surface area (TPSA) is 26.3 Å². The molecule has 16 heavy (non-hydrogen) atoms. The molecule has 0 atom stereocenters. The fourth-order valence-corrected chi connectivity index (χ4v) is 2.21. The van der Waals surface area contributed by atoms with Gasteiger partial charge >= 0.3 is 0 Å². The van der Waals surface area contributed by atoms with Crippen LogP contribution in [0.2, 0.25) is 5.02 Å². The lowest BCUT2D eigenvalue weighted by atomic mass is 9.91. The maximum absolute atomic E-state index is 11.9. The maximum atomic E-state index is 11.9.